The van der Waals surface area contributed by atoms with Crippen molar-refractivity contribution in [2.24, 2.45) is 5.41 Å². The van der Waals surface area contributed by atoms with E-state index in [2.05, 4.69) is 0 Å². The van der Waals surface area contributed by atoms with Crippen LogP contribution in [0, 0.1) is 5.41 Å². The number of halogens is 2. The number of carboxylic acid groups (broad SMARTS) is 1. The summed E-state index contributed by atoms with van der Waals surface area (Å²) in [5.41, 5.74) is -1.08. The van der Waals surface area contributed by atoms with Crippen molar-refractivity contribution in [3.63, 3.8) is 0 Å². The molecule has 0 radical (unpaired) electrons. The molecule has 138 valence electrons. The Labute approximate surface area is 156 Å². The van der Waals surface area contributed by atoms with Gasteiger partial charge >= 0.3 is 5.97 Å². The predicted molar refractivity (Wildman–Crippen MR) is 94.3 cm³/mol. The largest absolute Gasteiger partial charge is 0.481 e. The molecule has 6 nitrogen and oxygen atoms in total. The normalized spacial score (nSPS) is 21.7. The van der Waals surface area contributed by atoms with Crippen molar-refractivity contribution in [1.29, 1.82) is 0 Å². The highest BCUT2D eigenvalue weighted by molar-refractivity contribution is 6.34. The minimum absolute atomic E-state index is 0.0608. The molecule has 2 rings (SSSR count). The average molecular weight is 390 g/mol. The summed E-state index contributed by atoms with van der Waals surface area (Å²) in [5, 5.41) is 10.4. The van der Waals surface area contributed by atoms with Gasteiger partial charge in [-0.05, 0) is 38.0 Å². The number of aliphatic carboxylic acids is 1. The summed E-state index contributed by atoms with van der Waals surface area (Å²) in [4.78, 5) is 25.9. The molecule has 0 spiro atoms. The molecule has 2 unspecified atom stereocenters. The van der Waals surface area contributed by atoms with Crippen molar-refractivity contribution in [1.82, 2.24) is 4.90 Å². The first-order valence-electron chi connectivity index (χ1n) is 7.91. The number of carboxylic acids is 1. The number of piperidine rings is 1. The molecule has 1 aromatic carbocycles. The maximum absolute atomic E-state index is 12.7. The molecular formula is C17H21Cl2NO5. The Hall–Kier alpha value is -1.50. The molecule has 0 aliphatic carbocycles. The first kappa shape index (κ1) is 19.8. The van der Waals surface area contributed by atoms with E-state index in [0.717, 1.165) is 0 Å². The topological polar surface area (TPSA) is 76.1 Å². The van der Waals surface area contributed by atoms with E-state index in [1.807, 2.05) is 0 Å². The van der Waals surface area contributed by atoms with Crippen molar-refractivity contribution in [2.45, 2.75) is 25.9 Å². The number of amides is 1. The molecule has 1 fully saturated rings. The van der Waals surface area contributed by atoms with Crippen LogP contribution in [0.1, 0.15) is 19.8 Å². The summed E-state index contributed by atoms with van der Waals surface area (Å²) >= 11 is 11.9. The van der Waals surface area contributed by atoms with Gasteiger partial charge in [-0.15, -0.1) is 0 Å². The predicted octanol–water partition coefficient (Wildman–Crippen LogP) is 3.10. The number of benzene rings is 1. The highest BCUT2D eigenvalue weighted by Crippen LogP contribution is 2.32. The summed E-state index contributed by atoms with van der Waals surface area (Å²) in [5.74, 6) is -0.851. The smallest absolute Gasteiger partial charge is 0.313 e. The third-order valence-electron chi connectivity index (χ3n) is 4.26. The molecule has 8 heteroatoms. The van der Waals surface area contributed by atoms with Gasteiger partial charge in [0, 0.05) is 30.2 Å². The van der Waals surface area contributed by atoms with Gasteiger partial charge in [-0.3, -0.25) is 9.59 Å². The van der Waals surface area contributed by atoms with Crippen LogP contribution in [0.15, 0.2) is 18.2 Å². The molecule has 0 bridgehead atoms. The van der Waals surface area contributed by atoms with Gasteiger partial charge in [-0.1, -0.05) is 23.2 Å². The summed E-state index contributed by atoms with van der Waals surface area (Å²) in [7, 11) is 1.46. The number of rotatable bonds is 6. The van der Waals surface area contributed by atoms with Gasteiger partial charge < -0.3 is 19.5 Å². The molecule has 1 N–H and O–H groups in total. The fraction of sp³-hybridized carbons (Fsp3) is 0.529. The van der Waals surface area contributed by atoms with Crippen LogP contribution in [0.5, 0.6) is 5.75 Å². The minimum atomic E-state index is -1.08. The molecule has 1 saturated heterocycles. The van der Waals surface area contributed by atoms with E-state index in [9.17, 15) is 14.7 Å². The lowest BCUT2D eigenvalue weighted by Gasteiger charge is -2.40. The van der Waals surface area contributed by atoms with Gasteiger partial charge in [-0.2, -0.15) is 0 Å². The highest BCUT2D eigenvalue weighted by Gasteiger charge is 2.44. The van der Waals surface area contributed by atoms with Gasteiger partial charge in [0.1, 0.15) is 11.2 Å². The maximum Gasteiger partial charge on any atom is 0.313 e. The summed E-state index contributed by atoms with van der Waals surface area (Å²) in [6.45, 7) is 2.26. The van der Waals surface area contributed by atoms with Crippen molar-refractivity contribution in [3.05, 3.63) is 28.2 Å². The molecule has 1 heterocycles. The molecule has 2 atom stereocenters. The van der Waals surface area contributed by atoms with Gasteiger partial charge in [0.25, 0.3) is 5.91 Å². The van der Waals surface area contributed by atoms with E-state index in [-0.39, 0.29) is 19.1 Å². The Morgan fingerprint density at radius 2 is 1.96 bits per heavy atom. The standard InChI is InChI=1S/C17H21Cl2NO5/c1-11(25-14-7-12(18)6-13(19)8-14)15(21)20-5-3-4-17(9-20,10-24-2)16(22)23/h6-8,11H,3-5,9-10H2,1-2H3,(H,22,23). The van der Waals surface area contributed by atoms with Crippen molar-refractivity contribution >= 4 is 35.1 Å². The van der Waals surface area contributed by atoms with E-state index in [1.165, 1.54) is 12.0 Å². The Balaban J connectivity index is 2.09. The van der Waals surface area contributed by atoms with E-state index in [0.29, 0.717) is 35.2 Å². The molecule has 1 aliphatic rings. The van der Waals surface area contributed by atoms with E-state index in [1.54, 1.807) is 25.1 Å². The molecule has 0 saturated carbocycles. The summed E-state index contributed by atoms with van der Waals surface area (Å²) in [6.07, 6.45) is 0.276. The number of nitrogens with zero attached hydrogens (tertiary/aromatic N) is 1. The third-order valence-corrected chi connectivity index (χ3v) is 4.70. The zero-order valence-electron chi connectivity index (χ0n) is 14.1. The first-order chi connectivity index (χ1) is 11.8. The average Bonchev–Trinajstić information content (AvgIpc) is 2.53. The molecule has 1 amide bonds. The second kappa shape index (κ2) is 8.25. The summed E-state index contributed by atoms with van der Waals surface area (Å²) < 4.78 is 10.7. The van der Waals surface area contributed by atoms with Gasteiger partial charge in [0.2, 0.25) is 0 Å². The van der Waals surface area contributed by atoms with Gasteiger partial charge in [0.05, 0.1) is 6.61 Å². The quantitative estimate of drug-likeness (QED) is 0.808. The van der Waals surface area contributed by atoms with E-state index >= 15 is 0 Å². The number of hydrogen-bond acceptors (Lipinski definition) is 4. The lowest BCUT2D eigenvalue weighted by atomic mass is 9.80. The van der Waals surface area contributed by atoms with Crippen LogP contribution in [0.4, 0.5) is 0 Å². The summed E-state index contributed by atoms with van der Waals surface area (Å²) in [6, 6.07) is 4.71. The number of likely N-dealkylation sites (tertiary alicyclic amines) is 1. The molecular weight excluding hydrogens is 369 g/mol. The Bertz CT molecular complexity index is 630. The van der Waals surface area contributed by atoms with Crippen LogP contribution in [0.3, 0.4) is 0 Å². The van der Waals surface area contributed by atoms with Crippen LogP contribution in [-0.2, 0) is 14.3 Å². The molecule has 0 aromatic heterocycles. The second-order valence-corrected chi connectivity index (χ2v) is 7.12. The number of carbonyl (C=O) groups is 2. The van der Waals surface area contributed by atoms with Gasteiger partial charge in [-0.25, -0.2) is 0 Å². The lowest BCUT2D eigenvalue weighted by molar-refractivity contribution is -0.160. The second-order valence-electron chi connectivity index (χ2n) is 6.25. The fourth-order valence-electron chi connectivity index (χ4n) is 3.06. The number of carbonyl (C=O) groups excluding carboxylic acids is 1. The van der Waals surface area contributed by atoms with E-state index < -0.39 is 17.5 Å². The SMILES string of the molecule is COCC1(C(=O)O)CCCN(C(=O)C(C)Oc2cc(Cl)cc(Cl)c2)C1. The highest BCUT2D eigenvalue weighted by atomic mass is 35.5. The third kappa shape index (κ3) is 4.77. The van der Waals surface area contributed by atoms with Gasteiger partial charge in [0.15, 0.2) is 6.10 Å². The zero-order valence-corrected chi connectivity index (χ0v) is 15.6. The van der Waals surface area contributed by atoms with Crippen LogP contribution in [0.25, 0.3) is 0 Å². The van der Waals surface area contributed by atoms with Crippen molar-refractivity contribution in [3.8, 4) is 5.75 Å². The molecule has 1 aromatic rings. The minimum Gasteiger partial charge on any atom is -0.481 e. The van der Waals surface area contributed by atoms with Crippen LogP contribution in [0.2, 0.25) is 10.0 Å². The number of methoxy groups -OCH3 is 1. The van der Waals surface area contributed by atoms with E-state index in [4.69, 9.17) is 32.7 Å². The zero-order chi connectivity index (χ0) is 18.6. The molecule has 1 aliphatic heterocycles. The Morgan fingerprint density at radius 1 is 1.32 bits per heavy atom. The first-order valence-corrected chi connectivity index (χ1v) is 8.67. The maximum atomic E-state index is 12.7. The number of hydrogen-bond donors (Lipinski definition) is 1. The monoisotopic (exact) mass is 389 g/mol. The number of ether oxygens (including phenoxy) is 2. The van der Waals surface area contributed by atoms with Crippen molar-refractivity contribution < 1.29 is 24.2 Å². The lowest BCUT2D eigenvalue weighted by Crippen LogP contribution is -2.54. The van der Waals surface area contributed by atoms with Crippen LogP contribution >= 0.6 is 23.2 Å². The molecule has 25 heavy (non-hydrogen) atoms. The Morgan fingerprint density at radius 3 is 2.52 bits per heavy atom. The Kier molecular flexibility index (Phi) is 6.54. The fourth-order valence-corrected chi connectivity index (χ4v) is 3.56. The van der Waals surface area contributed by atoms with Crippen molar-refractivity contribution in [2.75, 3.05) is 26.8 Å². The van der Waals surface area contributed by atoms with Crippen LogP contribution < -0.4 is 4.74 Å². The van der Waals surface area contributed by atoms with Crippen LogP contribution in [-0.4, -0.2) is 54.8 Å².